The van der Waals surface area contributed by atoms with Gasteiger partial charge >= 0.3 is 0 Å². The van der Waals surface area contributed by atoms with Crippen LogP contribution in [0.1, 0.15) is 5.56 Å². The van der Waals surface area contributed by atoms with Gasteiger partial charge in [0.2, 0.25) is 5.24 Å². The van der Waals surface area contributed by atoms with E-state index < -0.39 is 11.1 Å². The van der Waals surface area contributed by atoms with Crippen molar-refractivity contribution in [3.8, 4) is 11.5 Å². The number of methoxy groups -OCH3 is 2. The Morgan fingerprint density at radius 1 is 1.31 bits per heavy atom. The maximum atomic E-state index is 13.4. The van der Waals surface area contributed by atoms with Gasteiger partial charge < -0.3 is 9.47 Å². The molecule has 0 unspecified atom stereocenters. The lowest BCUT2D eigenvalue weighted by Crippen LogP contribution is -1.92. The van der Waals surface area contributed by atoms with Crippen LogP contribution in [0.2, 0.25) is 0 Å². The van der Waals surface area contributed by atoms with Gasteiger partial charge in [-0.2, -0.15) is 0 Å². The highest BCUT2D eigenvalue weighted by Gasteiger charge is 2.08. The summed E-state index contributed by atoms with van der Waals surface area (Å²) in [5, 5.41) is -0.868. The zero-order valence-corrected chi connectivity index (χ0v) is 9.55. The topological polar surface area (TPSA) is 35.5 Å². The van der Waals surface area contributed by atoms with Crippen LogP contribution in [0.5, 0.6) is 11.5 Å². The maximum Gasteiger partial charge on any atom is 0.248 e. The number of allylic oxidation sites excluding steroid dienone is 1. The Bertz CT molecular complexity index is 429. The van der Waals surface area contributed by atoms with Crippen molar-refractivity contribution < 1.29 is 18.7 Å². The van der Waals surface area contributed by atoms with Crippen molar-refractivity contribution in [2.75, 3.05) is 14.2 Å². The van der Waals surface area contributed by atoms with E-state index in [0.29, 0.717) is 17.6 Å². The van der Waals surface area contributed by atoms with E-state index in [2.05, 4.69) is 0 Å². The third-order valence-corrected chi connectivity index (χ3v) is 2.01. The number of carbonyl (C=O) groups is 1. The van der Waals surface area contributed by atoms with Crippen molar-refractivity contribution in [1.82, 2.24) is 0 Å². The summed E-state index contributed by atoms with van der Waals surface area (Å²) in [6.07, 6.45) is 0.697. The van der Waals surface area contributed by atoms with Crippen molar-refractivity contribution in [2.24, 2.45) is 0 Å². The molecule has 0 bridgehead atoms. The van der Waals surface area contributed by atoms with Gasteiger partial charge in [0.1, 0.15) is 5.83 Å². The molecule has 0 aliphatic rings. The Kier molecular flexibility index (Phi) is 4.31. The first-order valence-corrected chi connectivity index (χ1v) is 4.75. The predicted octanol–water partition coefficient (Wildman–Crippen LogP) is 2.78. The summed E-state index contributed by atoms with van der Waals surface area (Å²) in [6.45, 7) is 0. The molecule has 0 atom stereocenters. The number of hydrogen-bond acceptors (Lipinski definition) is 3. The number of benzene rings is 1. The normalized spacial score (nSPS) is 11.1. The van der Waals surface area contributed by atoms with E-state index >= 15 is 0 Å². The molecule has 0 spiro atoms. The average Bonchev–Trinajstić information content (AvgIpc) is 2.27. The Balaban J connectivity index is 3.13. The number of carbonyl (C=O) groups excluding carboxylic acids is 1. The van der Waals surface area contributed by atoms with Crippen molar-refractivity contribution in [3.63, 3.8) is 0 Å². The van der Waals surface area contributed by atoms with Crippen molar-refractivity contribution in [1.29, 1.82) is 0 Å². The van der Waals surface area contributed by atoms with E-state index in [9.17, 15) is 9.18 Å². The molecule has 0 aromatic heterocycles. The zero-order chi connectivity index (χ0) is 12.1. The number of rotatable bonds is 4. The maximum absolute atomic E-state index is 13.4. The summed E-state index contributed by atoms with van der Waals surface area (Å²) in [6, 6.07) is 4.43. The number of hydrogen-bond donors (Lipinski definition) is 0. The summed E-state index contributed by atoms with van der Waals surface area (Å²) in [4.78, 5) is 10.5. The average molecular weight is 245 g/mol. The van der Waals surface area contributed by atoms with Gasteiger partial charge in [0.15, 0.2) is 11.5 Å². The van der Waals surface area contributed by atoms with E-state index in [4.69, 9.17) is 21.1 Å². The van der Waals surface area contributed by atoms with Crippen LogP contribution < -0.4 is 9.47 Å². The summed E-state index contributed by atoms with van der Waals surface area (Å²) in [5.41, 5.74) is 0.201. The SMILES string of the molecule is COc1ccc(/C(F)=C\C(=O)Cl)cc1OC. The van der Waals surface area contributed by atoms with Gasteiger partial charge in [-0.3, -0.25) is 4.79 Å². The fourth-order valence-electron chi connectivity index (χ4n) is 1.17. The largest absolute Gasteiger partial charge is 0.493 e. The third kappa shape index (κ3) is 2.97. The van der Waals surface area contributed by atoms with Gasteiger partial charge in [0.25, 0.3) is 0 Å². The highest BCUT2D eigenvalue weighted by molar-refractivity contribution is 6.66. The molecular weight excluding hydrogens is 235 g/mol. The monoisotopic (exact) mass is 244 g/mol. The smallest absolute Gasteiger partial charge is 0.248 e. The minimum Gasteiger partial charge on any atom is -0.493 e. The van der Waals surface area contributed by atoms with Gasteiger partial charge in [0, 0.05) is 11.6 Å². The van der Waals surface area contributed by atoms with Crippen LogP contribution in [0.4, 0.5) is 4.39 Å². The number of halogens is 2. The van der Waals surface area contributed by atoms with E-state index in [1.807, 2.05) is 0 Å². The van der Waals surface area contributed by atoms with Crippen LogP contribution in [-0.4, -0.2) is 19.5 Å². The predicted molar refractivity (Wildman–Crippen MR) is 59.5 cm³/mol. The molecule has 1 aromatic rings. The molecule has 3 nitrogen and oxygen atoms in total. The second-order valence-corrected chi connectivity index (χ2v) is 3.24. The fourth-order valence-corrected chi connectivity index (χ4v) is 1.26. The molecule has 0 radical (unpaired) electrons. The second-order valence-electron chi connectivity index (χ2n) is 2.87. The Morgan fingerprint density at radius 2 is 1.94 bits per heavy atom. The first-order valence-electron chi connectivity index (χ1n) is 4.37. The van der Waals surface area contributed by atoms with Crippen LogP contribution >= 0.6 is 11.6 Å². The molecule has 0 fully saturated rings. The quantitative estimate of drug-likeness (QED) is 0.604. The van der Waals surface area contributed by atoms with Gasteiger partial charge in [-0.25, -0.2) is 4.39 Å². The lowest BCUT2D eigenvalue weighted by atomic mass is 10.1. The van der Waals surface area contributed by atoms with Crippen LogP contribution in [0.3, 0.4) is 0 Å². The lowest BCUT2D eigenvalue weighted by molar-refractivity contribution is -0.107. The third-order valence-electron chi connectivity index (χ3n) is 1.90. The lowest BCUT2D eigenvalue weighted by Gasteiger charge is -2.08. The first-order chi connectivity index (χ1) is 7.58. The Hall–Kier alpha value is -1.55. The van der Waals surface area contributed by atoms with E-state index in [0.717, 1.165) is 0 Å². The molecule has 0 aliphatic carbocycles. The minimum absolute atomic E-state index is 0.201. The Morgan fingerprint density at radius 3 is 2.44 bits per heavy atom. The summed E-state index contributed by atoms with van der Waals surface area (Å²) in [7, 11) is 2.92. The molecule has 1 rings (SSSR count). The van der Waals surface area contributed by atoms with Crippen molar-refractivity contribution >= 4 is 22.7 Å². The second kappa shape index (κ2) is 5.51. The molecule has 16 heavy (non-hydrogen) atoms. The number of ether oxygens (including phenoxy) is 2. The molecule has 86 valence electrons. The standard InChI is InChI=1S/C11H10ClFO3/c1-15-9-4-3-7(5-10(9)16-2)8(13)6-11(12)14/h3-6H,1-2H3/b8-6+. The molecule has 0 saturated carbocycles. The van der Waals surface area contributed by atoms with Crippen LogP contribution in [0, 0.1) is 0 Å². The highest BCUT2D eigenvalue weighted by atomic mass is 35.5. The van der Waals surface area contributed by atoms with Gasteiger partial charge in [0.05, 0.1) is 14.2 Å². The highest BCUT2D eigenvalue weighted by Crippen LogP contribution is 2.30. The molecule has 1 aromatic carbocycles. The first kappa shape index (κ1) is 12.5. The molecule has 5 heteroatoms. The summed E-state index contributed by atoms with van der Waals surface area (Å²) < 4.78 is 23.4. The molecule has 0 amide bonds. The summed E-state index contributed by atoms with van der Waals surface area (Å²) in [5.74, 6) is 0.141. The molecule has 0 aliphatic heterocycles. The van der Waals surface area contributed by atoms with E-state index in [1.54, 1.807) is 6.07 Å². The molecular formula is C11H10ClFO3. The van der Waals surface area contributed by atoms with Crippen LogP contribution in [0.15, 0.2) is 24.3 Å². The molecule has 0 saturated heterocycles. The minimum atomic E-state index is -0.868. The van der Waals surface area contributed by atoms with Crippen LogP contribution in [0.25, 0.3) is 5.83 Å². The fraction of sp³-hybridized carbons (Fsp3) is 0.182. The van der Waals surface area contributed by atoms with Crippen LogP contribution in [-0.2, 0) is 4.79 Å². The summed E-state index contributed by atoms with van der Waals surface area (Å²) >= 11 is 5.04. The molecule has 0 heterocycles. The van der Waals surface area contributed by atoms with Gasteiger partial charge in [-0.15, -0.1) is 0 Å². The van der Waals surface area contributed by atoms with Gasteiger partial charge in [-0.1, -0.05) is 0 Å². The van der Waals surface area contributed by atoms with E-state index in [-0.39, 0.29) is 5.56 Å². The van der Waals surface area contributed by atoms with Gasteiger partial charge in [-0.05, 0) is 29.8 Å². The van der Waals surface area contributed by atoms with Crippen molar-refractivity contribution in [3.05, 3.63) is 29.8 Å². The molecule has 0 N–H and O–H groups in total. The van der Waals surface area contributed by atoms with E-state index in [1.165, 1.54) is 26.4 Å². The van der Waals surface area contributed by atoms with Crippen molar-refractivity contribution in [2.45, 2.75) is 0 Å². The zero-order valence-electron chi connectivity index (χ0n) is 8.79. The Labute approximate surface area is 97.4 Å².